The molecular formula is C27H40N2O6S2. The Morgan fingerprint density at radius 1 is 1.16 bits per heavy atom. The number of carbonyl (C=O) groups excluding carboxylic acids is 1. The summed E-state index contributed by atoms with van der Waals surface area (Å²) < 4.78 is 31.8. The first-order valence-corrected chi connectivity index (χ1v) is 15.4. The van der Waals surface area contributed by atoms with Crippen molar-refractivity contribution in [2.24, 2.45) is 17.3 Å². The molecule has 8 nitrogen and oxygen atoms in total. The van der Waals surface area contributed by atoms with Crippen molar-refractivity contribution in [3.63, 3.8) is 0 Å². The van der Waals surface area contributed by atoms with E-state index < -0.39 is 16.0 Å². The van der Waals surface area contributed by atoms with E-state index >= 15 is 0 Å². The summed E-state index contributed by atoms with van der Waals surface area (Å²) >= 11 is 1.09. The van der Waals surface area contributed by atoms with Gasteiger partial charge in [-0.1, -0.05) is 18.8 Å². The van der Waals surface area contributed by atoms with Gasteiger partial charge < -0.3 is 14.7 Å². The number of thiophene rings is 1. The lowest BCUT2D eigenvalue weighted by atomic mass is 9.82. The van der Waals surface area contributed by atoms with Gasteiger partial charge in [0.15, 0.2) is 0 Å². The van der Waals surface area contributed by atoms with Gasteiger partial charge in [0, 0.05) is 37.6 Å². The Labute approximate surface area is 225 Å². The molecule has 1 aliphatic heterocycles. The van der Waals surface area contributed by atoms with Crippen molar-refractivity contribution in [2.45, 2.75) is 72.3 Å². The lowest BCUT2D eigenvalue weighted by Crippen LogP contribution is -2.51. The quantitative estimate of drug-likeness (QED) is 0.478. The van der Waals surface area contributed by atoms with Crippen LogP contribution in [0.3, 0.4) is 0 Å². The average molecular weight is 553 g/mol. The van der Waals surface area contributed by atoms with Gasteiger partial charge in [-0.25, -0.2) is 17.5 Å². The first-order valence-electron chi connectivity index (χ1n) is 13.0. The molecule has 1 aromatic heterocycles. The molecule has 0 atom stereocenters. The molecule has 1 saturated heterocycles. The maximum Gasteiger partial charge on any atom is 0.348 e. The first-order chi connectivity index (χ1) is 17.3. The van der Waals surface area contributed by atoms with E-state index in [1.54, 1.807) is 11.0 Å². The van der Waals surface area contributed by atoms with Gasteiger partial charge in [0.25, 0.3) is 0 Å². The number of piperidine rings is 1. The second-order valence-electron chi connectivity index (χ2n) is 11.2. The van der Waals surface area contributed by atoms with E-state index in [9.17, 15) is 23.1 Å². The van der Waals surface area contributed by atoms with Gasteiger partial charge >= 0.3 is 5.97 Å². The predicted octanol–water partition coefficient (Wildman–Crippen LogP) is 4.44. The van der Waals surface area contributed by atoms with Crippen LogP contribution in [0.1, 0.15) is 80.8 Å². The van der Waals surface area contributed by atoms with Crippen LogP contribution in [0.4, 0.5) is 5.69 Å². The molecule has 2 heterocycles. The van der Waals surface area contributed by atoms with Crippen molar-refractivity contribution in [3.8, 4) is 11.8 Å². The zero-order valence-electron chi connectivity index (χ0n) is 22.6. The molecule has 2 aliphatic rings. The third-order valence-corrected chi connectivity index (χ3v) is 9.92. The largest absolute Gasteiger partial charge is 0.477 e. The molecule has 1 saturated carbocycles. The molecule has 2 fully saturated rings. The van der Waals surface area contributed by atoms with E-state index in [0.29, 0.717) is 29.3 Å². The molecule has 0 radical (unpaired) electrons. The third-order valence-electron chi connectivity index (χ3n) is 7.06. The Morgan fingerprint density at radius 2 is 1.78 bits per heavy atom. The highest BCUT2D eigenvalue weighted by atomic mass is 32.2. The molecule has 206 valence electrons. The number of amides is 1. The number of hydrogen-bond donors (Lipinski definition) is 1. The number of methoxy groups -OCH3 is 1. The molecule has 0 aromatic carbocycles. The Morgan fingerprint density at radius 3 is 2.32 bits per heavy atom. The summed E-state index contributed by atoms with van der Waals surface area (Å²) in [6.45, 7) is 8.85. The van der Waals surface area contributed by atoms with E-state index in [4.69, 9.17) is 4.74 Å². The van der Waals surface area contributed by atoms with Crippen LogP contribution in [0, 0.1) is 29.1 Å². The van der Waals surface area contributed by atoms with Crippen LogP contribution in [-0.2, 0) is 19.6 Å². The lowest BCUT2D eigenvalue weighted by molar-refractivity contribution is -0.124. The number of carboxylic acids is 1. The number of carbonyl (C=O) groups is 2. The Kier molecular flexibility index (Phi) is 9.84. The predicted molar refractivity (Wildman–Crippen MR) is 146 cm³/mol. The minimum Gasteiger partial charge on any atom is -0.477 e. The fourth-order valence-corrected chi connectivity index (χ4v) is 7.16. The molecule has 3 rings (SSSR count). The SMILES string of the molecule is COCCS(=O)(=O)N1CCC(N(C(=O)C2CCC(C)CC2)c2cc(C#CC(C)(C)C)sc2C(=O)O)CC1. The molecule has 1 aliphatic carbocycles. The molecule has 0 spiro atoms. The summed E-state index contributed by atoms with van der Waals surface area (Å²) in [6, 6.07) is 1.45. The first kappa shape index (κ1) is 29.6. The maximum atomic E-state index is 14.0. The van der Waals surface area contributed by atoms with E-state index in [2.05, 4.69) is 18.8 Å². The molecule has 0 bridgehead atoms. The van der Waals surface area contributed by atoms with Crippen LogP contribution in [0.15, 0.2) is 6.07 Å². The van der Waals surface area contributed by atoms with Crippen LogP contribution >= 0.6 is 11.3 Å². The number of anilines is 1. The maximum absolute atomic E-state index is 14.0. The number of ether oxygens (including phenoxy) is 1. The van der Waals surface area contributed by atoms with Crippen molar-refractivity contribution in [1.82, 2.24) is 4.31 Å². The zero-order chi connectivity index (χ0) is 27.4. The van der Waals surface area contributed by atoms with E-state index in [1.165, 1.54) is 11.4 Å². The van der Waals surface area contributed by atoms with Gasteiger partial charge in [0.2, 0.25) is 15.9 Å². The standard InChI is InChI=1S/C27H40N2O6S2/c1-19-6-8-20(9-7-19)25(30)29(21-11-14-28(15-12-21)37(33,34)17-16-35-5)23-18-22(10-13-27(2,3)4)36-24(23)26(31)32/h18-21H,6-9,11-12,14-17H2,1-5H3,(H,31,32). The van der Waals surface area contributed by atoms with Crippen LogP contribution in [-0.4, -0.2) is 68.3 Å². The highest BCUT2D eigenvalue weighted by Crippen LogP contribution is 2.38. The number of rotatable bonds is 8. The normalized spacial score (nSPS) is 21.8. The summed E-state index contributed by atoms with van der Waals surface area (Å²) in [5.41, 5.74) is 0.142. The van der Waals surface area contributed by atoms with Crippen molar-refractivity contribution < 1.29 is 27.9 Å². The van der Waals surface area contributed by atoms with Gasteiger partial charge in [0.05, 0.1) is 22.9 Å². The van der Waals surface area contributed by atoms with Crippen LogP contribution in [0.25, 0.3) is 0 Å². The van der Waals surface area contributed by atoms with Gasteiger partial charge in [0.1, 0.15) is 4.88 Å². The number of hydrogen-bond acceptors (Lipinski definition) is 6. The number of nitrogens with zero attached hydrogens (tertiary/aromatic N) is 2. The smallest absolute Gasteiger partial charge is 0.348 e. The zero-order valence-corrected chi connectivity index (χ0v) is 24.2. The van der Waals surface area contributed by atoms with Crippen LogP contribution < -0.4 is 4.90 Å². The summed E-state index contributed by atoms with van der Waals surface area (Å²) in [5, 5.41) is 10.0. The van der Waals surface area contributed by atoms with Gasteiger partial charge in [-0.05, 0) is 71.3 Å². The minimum atomic E-state index is -3.45. The van der Waals surface area contributed by atoms with Crippen LogP contribution in [0.5, 0.6) is 0 Å². The minimum absolute atomic E-state index is 0.0526. The molecule has 1 N–H and O–H groups in total. The van der Waals surface area contributed by atoms with Crippen molar-refractivity contribution in [1.29, 1.82) is 0 Å². The second kappa shape index (κ2) is 12.3. The summed E-state index contributed by atoms with van der Waals surface area (Å²) in [7, 11) is -1.98. The average Bonchev–Trinajstić information content (AvgIpc) is 3.26. The van der Waals surface area contributed by atoms with Crippen molar-refractivity contribution >= 4 is 38.9 Å². The van der Waals surface area contributed by atoms with E-state index in [1.807, 2.05) is 20.8 Å². The Hall–Kier alpha value is -1.93. The number of aromatic carboxylic acids is 1. The van der Waals surface area contributed by atoms with Gasteiger partial charge in [-0.15, -0.1) is 11.3 Å². The van der Waals surface area contributed by atoms with E-state index in [0.717, 1.165) is 37.0 Å². The Bertz CT molecular complexity index is 1130. The monoisotopic (exact) mass is 552 g/mol. The molecule has 1 aromatic rings. The molecule has 0 unspecified atom stereocenters. The van der Waals surface area contributed by atoms with Crippen molar-refractivity contribution in [2.75, 3.05) is 37.5 Å². The fraction of sp³-hybridized carbons (Fsp3) is 0.704. The van der Waals surface area contributed by atoms with Gasteiger partial charge in [-0.3, -0.25) is 4.79 Å². The van der Waals surface area contributed by atoms with Gasteiger partial charge in [-0.2, -0.15) is 0 Å². The van der Waals surface area contributed by atoms with Crippen molar-refractivity contribution in [3.05, 3.63) is 15.8 Å². The third kappa shape index (κ3) is 7.79. The highest BCUT2D eigenvalue weighted by molar-refractivity contribution is 7.89. The number of sulfonamides is 1. The van der Waals surface area contributed by atoms with E-state index in [-0.39, 0.29) is 53.6 Å². The number of carboxylic acid groups (broad SMARTS) is 1. The highest BCUT2D eigenvalue weighted by Gasteiger charge is 2.38. The Balaban J connectivity index is 1.94. The van der Waals surface area contributed by atoms with Crippen LogP contribution in [0.2, 0.25) is 0 Å². The topological polar surface area (TPSA) is 104 Å². The summed E-state index contributed by atoms with van der Waals surface area (Å²) in [5.74, 6) is 5.44. The summed E-state index contributed by atoms with van der Waals surface area (Å²) in [6.07, 6.45) is 4.39. The fourth-order valence-electron chi connectivity index (χ4n) is 4.92. The summed E-state index contributed by atoms with van der Waals surface area (Å²) in [4.78, 5) is 28.6. The lowest BCUT2D eigenvalue weighted by Gasteiger charge is -2.40. The second-order valence-corrected chi connectivity index (χ2v) is 14.4. The molecule has 37 heavy (non-hydrogen) atoms. The molecule has 1 amide bonds. The molecule has 10 heteroatoms. The molecular weight excluding hydrogens is 512 g/mol.